The van der Waals surface area contributed by atoms with Crippen LogP contribution < -0.4 is 9.62 Å². The van der Waals surface area contributed by atoms with E-state index in [0.717, 1.165) is 35.4 Å². The lowest BCUT2D eigenvalue weighted by molar-refractivity contribution is 0.0697. The quantitative estimate of drug-likeness (QED) is 0.471. The minimum absolute atomic E-state index is 0.0388. The van der Waals surface area contributed by atoms with Crippen LogP contribution in [0.2, 0.25) is 0 Å². The first-order valence-electron chi connectivity index (χ1n) is 11.1. The van der Waals surface area contributed by atoms with Crippen molar-refractivity contribution in [2.45, 2.75) is 45.4 Å². The van der Waals surface area contributed by atoms with Crippen LogP contribution >= 0.6 is 0 Å². The molecule has 0 aliphatic rings. The highest BCUT2D eigenvalue weighted by Gasteiger charge is 2.19. The molecule has 2 aromatic carbocycles. The second kappa shape index (κ2) is 9.89. The number of sulfonamides is 1. The van der Waals surface area contributed by atoms with Crippen LogP contribution in [0.3, 0.4) is 0 Å². The zero-order valence-electron chi connectivity index (χ0n) is 20.5. The lowest BCUT2D eigenvalue weighted by atomic mass is 10.1. The highest BCUT2D eigenvalue weighted by molar-refractivity contribution is 7.92. The standard InChI is InChI=1S/C25H32N4O4S/c1-16-12-17(2)14-21(13-16)34(32,33)27-20-9-10-24(23(15-20)25(30)31)28(5)11-7-8-22-18(3)26-29(6)19(22)4/h9-10,12-15,27H,7-8,11H2,1-6H3,(H,30,31). The first-order valence-corrected chi connectivity index (χ1v) is 12.6. The number of anilines is 2. The van der Waals surface area contributed by atoms with Gasteiger partial charge in [-0.15, -0.1) is 0 Å². The molecule has 9 heteroatoms. The zero-order valence-corrected chi connectivity index (χ0v) is 21.3. The molecule has 3 rings (SSSR count). The van der Waals surface area contributed by atoms with E-state index < -0.39 is 16.0 Å². The number of carboxylic acid groups (broad SMARTS) is 1. The summed E-state index contributed by atoms with van der Waals surface area (Å²) in [6.45, 7) is 8.33. The molecule has 0 amide bonds. The molecule has 34 heavy (non-hydrogen) atoms. The molecular formula is C25H32N4O4S. The van der Waals surface area contributed by atoms with Crippen molar-refractivity contribution in [3.05, 3.63) is 70.0 Å². The molecule has 0 radical (unpaired) electrons. The van der Waals surface area contributed by atoms with Crippen LogP contribution in [0.15, 0.2) is 41.3 Å². The molecule has 0 fully saturated rings. The van der Waals surface area contributed by atoms with Gasteiger partial charge in [-0.3, -0.25) is 9.40 Å². The van der Waals surface area contributed by atoms with Gasteiger partial charge in [0.05, 0.1) is 21.8 Å². The summed E-state index contributed by atoms with van der Waals surface area (Å²) in [5.74, 6) is -1.12. The summed E-state index contributed by atoms with van der Waals surface area (Å²) in [6.07, 6.45) is 1.66. The molecule has 0 atom stereocenters. The summed E-state index contributed by atoms with van der Waals surface area (Å²) in [5, 5.41) is 14.2. The second-order valence-electron chi connectivity index (χ2n) is 8.76. The summed E-state index contributed by atoms with van der Waals surface area (Å²) >= 11 is 0. The molecule has 3 aromatic rings. The van der Waals surface area contributed by atoms with Gasteiger partial charge in [-0.25, -0.2) is 13.2 Å². The van der Waals surface area contributed by atoms with Crippen molar-refractivity contribution in [3.63, 3.8) is 0 Å². The zero-order chi connectivity index (χ0) is 25.2. The Labute approximate surface area is 201 Å². The van der Waals surface area contributed by atoms with Crippen molar-refractivity contribution < 1.29 is 18.3 Å². The Bertz CT molecular complexity index is 1310. The number of carbonyl (C=O) groups is 1. The van der Waals surface area contributed by atoms with Crippen LogP contribution in [0.1, 0.15) is 44.9 Å². The summed E-state index contributed by atoms with van der Waals surface area (Å²) in [7, 11) is -0.0883. The van der Waals surface area contributed by atoms with Crippen LogP contribution in [-0.2, 0) is 23.5 Å². The molecule has 2 N–H and O–H groups in total. The molecular weight excluding hydrogens is 452 g/mol. The van der Waals surface area contributed by atoms with Gasteiger partial charge in [0.2, 0.25) is 0 Å². The van der Waals surface area contributed by atoms with Crippen molar-refractivity contribution in [1.82, 2.24) is 9.78 Å². The minimum Gasteiger partial charge on any atom is -0.478 e. The molecule has 182 valence electrons. The predicted octanol–water partition coefficient (Wildman–Crippen LogP) is 4.22. The van der Waals surface area contributed by atoms with E-state index in [1.165, 1.54) is 11.6 Å². The fourth-order valence-corrected chi connectivity index (χ4v) is 5.44. The van der Waals surface area contributed by atoms with Crippen LogP contribution in [-0.4, -0.2) is 42.9 Å². The van der Waals surface area contributed by atoms with Crippen molar-refractivity contribution in [2.24, 2.45) is 7.05 Å². The first-order chi connectivity index (χ1) is 15.9. The number of hydrogen-bond acceptors (Lipinski definition) is 5. The fourth-order valence-electron chi connectivity index (χ4n) is 4.20. The highest BCUT2D eigenvalue weighted by atomic mass is 32.2. The lowest BCUT2D eigenvalue weighted by Gasteiger charge is -2.22. The smallest absolute Gasteiger partial charge is 0.337 e. The van der Waals surface area contributed by atoms with E-state index in [4.69, 9.17) is 0 Å². The Kier molecular flexibility index (Phi) is 7.35. The molecule has 1 heterocycles. The van der Waals surface area contributed by atoms with E-state index in [-0.39, 0.29) is 16.1 Å². The molecule has 1 aromatic heterocycles. The maximum atomic E-state index is 12.9. The van der Waals surface area contributed by atoms with E-state index in [0.29, 0.717) is 12.2 Å². The van der Waals surface area contributed by atoms with E-state index in [1.54, 1.807) is 24.3 Å². The van der Waals surface area contributed by atoms with Gasteiger partial charge in [0.1, 0.15) is 0 Å². The number of benzene rings is 2. The van der Waals surface area contributed by atoms with Gasteiger partial charge in [0, 0.05) is 32.0 Å². The Balaban J connectivity index is 1.77. The van der Waals surface area contributed by atoms with Gasteiger partial charge in [0.15, 0.2) is 0 Å². The number of nitrogens with zero attached hydrogens (tertiary/aromatic N) is 3. The Morgan fingerprint density at radius 3 is 2.29 bits per heavy atom. The molecule has 0 saturated heterocycles. The number of aromatic carboxylic acids is 1. The Hall–Kier alpha value is -3.33. The lowest BCUT2D eigenvalue weighted by Crippen LogP contribution is -2.22. The number of hydrogen-bond donors (Lipinski definition) is 2. The number of aromatic nitrogens is 2. The SMILES string of the molecule is Cc1cc(C)cc(S(=O)(=O)Nc2ccc(N(C)CCCc3c(C)nn(C)c3C)c(C(=O)O)c2)c1. The number of rotatable bonds is 9. The molecule has 0 unspecified atom stereocenters. The third kappa shape index (κ3) is 5.59. The molecule has 0 saturated carbocycles. The third-order valence-corrected chi connectivity index (χ3v) is 7.34. The molecule has 0 spiro atoms. The summed E-state index contributed by atoms with van der Waals surface area (Å²) in [6, 6.07) is 9.66. The minimum atomic E-state index is -3.85. The average molecular weight is 485 g/mol. The van der Waals surface area contributed by atoms with Crippen molar-refractivity contribution >= 4 is 27.4 Å². The van der Waals surface area contributed by atoms with E-state index >= 15 is 0 Å². The van der Waals surface area contributed by atoms with Crippen LogP contribution in [0.4, 0.5) is 11.4 Å². The molecule has 0 aliphatic carbocycles. The number of aryl methyl sites for hydroxylation is 4. The molecule has 0 aliphatic heterocycles. The van der Waals surface area contributed by atoms with Gasteiger partial charge in [-0.05, 0) is 87.6 Å². The van der Waals surface area contributed by atoms with Crippen LogP contribution in [0, 0.1) is 27.7 Å². The van der Waals surface area contributed by atoms with Crippen LogP contribution in [0.25, 0.3) is 0 Å². The number of nitrogens with one attached hydrogen (secondary N) is 1. The first kappa shape index (κ1) is 25.3. The fraction of sp³-hybridized carbons (Fsp3) is 0.360. The van der Waals surface area contributed by atoms with Gasteiger partial charge >= 0.3 is 5.97 Å². The maximum Gasteiger partial charge on any atom is 0.337 e. The van der Waals surface area contributed by atoms with Gasteiger partial charge in [-0.1, -0.05) is 6.07 Å². The van der Waals surface area contributed by atoms with Gasteiger partial charge in [-0.2, -0.15) is 5.10 Å². The molecule has 8 nitrogen and oxygen atoms in total. The Morgan fingerprint density at radius 1 is 1.09 bits per heavy atom. The largest absolute Gasteiger partial charge is 0.478 e. The van der Waals surface area contributed by atoms with Crippen molar-refractivity contribution in [2.75, 3.05) is 23.2 Å². The van der Waals surface area contributed by atoms with Crippen LogP contribution in [0.5, 0.6) is 0 Å². The summed E-state index contributed by atoms with van der Waals surface area (Å²) in [5.41, 5.74) is 5.79. The monoisotopic (exact) mass is 484 g/mol. The van der Waals surface area contributed by atoms with E-state index in [9.17, 15) is 18.3 Å². The Morgan fingerprint density at radius 2 is 1.74 bits per heavy atom. The predicted molar refractivity (Wildman–Crippen MR) is 134 cm³/mol. The van der Waals surface area contributed by atoms with Crippen molar-refractivity contribution in [1.29, 1.82) is 0 Å². The van der Waals surface area contributed by atoms with Gasteiger partial charge < -0.3 is 10.0 Å². The maximum absolute atomic E-state index is 12.9. The summed E-state index contributed by atoms with van der Waals surface area (Å²) in [4.78, 5) is 14.0. The normalized spacial score (nSPS) is 11.5. The van der Waals surface area contributed by atoms with Crippen molar-refractivity contribution in [3.8, 4) is 0 Å². The van der Waals surface area contributed by atoms with E-state index in [1.807, 2.05) is 57.4 Å². The average Bonchev–Trinajstić information content (AvgIpc) is 2.98. The topological polar surface area (TPSA) is 105 Å². The highest BCUT2D eigenvalue weighted by Crippen LogP contribution is 2.26. The summed E-state index contributed by atoms with van der Waals surface area (Å²) < 4.78 is 30.1. The third-order valence-electron chi connectivity index (χ3n) is 5.98. The van der Waals surface area contributed by atoms with Gasteiger partial charge in [0.25, 0.3) is 10.0 Å². The van der Waals surface area contributed by atoms with E-state index in [2.05, 4.69) is 9.82 Å². The molecule has 0 bridgehead atoms. The number of carboxylic acids is 1. The second-order valence-corrected chi connectivity index (χ2v) is 10.4.